The Hall–Kier alpha value is -0.120. The lowest BCUT2D eigenvalue weighted by atomic mass is 10.3. The second-order valence-corrected chi connectivity index (χ2v) is 4.08. The van der Waals surface area contributed by atoms with Crippen LogP contribution < -0.4 is 5.73 Å². The zero-order valence-corrected chi connectivity index (χ0v) is 9.46. The van der Waals surface area contributed by atoms with Gasteiger partial charge in [-0.2, -0.15) is 0 Å². The Morgan fingerprint density at radius 2 is 1.77 bits per heavy atom. The molecule has 0 radical (unpaired) electrons. The Balaban J connectivity index is 3.57. The average molecular weight is 189 g/mol. The van der Waals surface area contributed by atoms with Crippen LogP contribution in [-0.4, -0.2) is 24.5 Å². The lowest BCUT2D eigenvalue weighted by Crippen LogP contribution is -2.40. The molecule has 0 amide bonds. The molecular weight excluding hydrogens is 166 g/mol. The summed E-state index contributed by atoms with van der Waals surface area (Å²) in [6, 6.07) is 0. The number of ether oxygens (including phenoxy) is 2. The molecule has 13 heavy (non-hydrogen) atoms. The SMILES string of the molecule is CCC(C)OCC(C)OC(C)(C)N. The number of hydrogen-bond donors (Lipinski definition) is 1. The van der Waals surface area contributed by atoms with Crippen molar-refractivity contribution >= 4 is 0 Å². The predicted octanol–water partition coefficient (Wildman–Crippen LogP) is 1.90. The minimum atomic E-state index is -0.571. The van der Waals surface area contributed by atoms with E-state index in [1.807, 2.05) is 20.8 Å². The zero-order chi connectivity index (χ0) is 10.5. The molecule has 0 aromatic rings. The first-order chi connectivity index (χ1) is 5.85. The summed E-state index contributed by atoms with van der Waals surface area (Å²) in [7, 11) is 0. The third kappa shape index (κ3) is 8.22. The van der Waals surface area contributed by atoms with Crippen LogP contribution >= 0.6 is 0 Å². The summed E-state index contributed by atoms with van der Waals surface area (Å²) < 4.78 is 11.0. The fraction of sp³-hybridized carbons (Fsp3) is 1.00. The normalized spacial score (nSPS) is 17.1. The quantitative estimate of drug-likeness (QED) is 0.649. The highest BCUT2D eigenvalue weighted by molar-refractivity contribution is 4.61. The van der Waals surface area contributed by atoms with E-state index < -0.39 is 5.72 Å². The van der Waals surface area contributed by atoms with Crippen LogP contribution in [0.4, 0.5) is 0 Å². The highest BCUT2D eigenvalue weighted by Gasteiger charge is 2.15. The molecule has 0 rings (SSSR count). The van der Waals surface area contributed by atoms with Gasteiger partial charge in [0.25, 0.3) is 0 Å². The third-order valence-electron chi connectivity index (χ3n) is 1.70. The maximum absolute atomic E-state index is 5.70. The van der Waals surface area contributed by atoms with E-state index in [1.54, 1.807) is 0 Å². The average Bonchev–Trinajstić information content (AvgIpc) is 1.97. The Morgan fingerprint density at radius 3 is 2.15 bits per heavy atom. The van der Waals surface area contributed by atoms with E-state index in [-0.39, 0.29) is 6.10 Å². The third-order valence-corrected chi connectivity index (χ3v) is 1.70. The van der Waals surface area contributed by atoms with Crippen molar-refractivity contribution in [1.29, 1.82) is 0 Å². The summed E-state index contributed by atoms with van der Waals surface area (Å²) in [5.74, 6) is 0. The zero-order valence-electron chi connectivity index (χ0n) is 9.46. The van der Waals surface area contributed by atoms with Crippen molar-refractivity contribution in [3.05, 3.63) is 0 Å². The van der Waals surface area contributed by atoms with Crippen LogP contribution in [0.5, 0.6) is 0 Å². The van der Waals surface area contributed by atoms with Gasteiger partial charge in [0.1, 0.15) is 5.72 Å². The van der Waals surface area contributed by atoms with Gasteiger partial charge in [-0.15, -0.1) is 0 Å². The molecule has 0 aliphatic heterocycles. The van der Waals surface area contributed by atoms with E-state index in [0.717, 1.165) is 6.42 Å². The second kappa shape index (κ2) is 5.58. The fourth-order valence-corrected chi connectivity index (χ4v) is 0.970. The Kier molecular flexibility index (Phi) is 5.53. The van der Waals surface area contributed by atoms with Crippen molar-refractivity contribution in [1.82, 2.24) is 0 Å². The topological polar surface area (TPSA) is 44.5 Å². The summed E-state index contributed by atoms with van der Waals surface area (Å²) in [5, 5.41) is 0. The number of hydrogen-bond acceptors (Lipinski definition) is 3. The van der Waals surface area contributed by atoms with E-state index in [0.29, 0.717) is 12.7 Å². The predicted molar refractivity (Wildman–Crippen MR) is 54.5 cm³/mol. The molecule has 0 aliphatic rings. The van der Waals surface area contributed by atoms with E-state index in [1.165, 1.54) is 0 Å². The summed E-state index contributed by atoms with van der Waals surface area (Å²) in [4.78, 5) is 0. The van der Waals surface area contributed by atoms with Gasteiger partial charge in [-0.05, 0) is 34.1 Å². The van der Waals surface area contributed by atoms with Gasteiger partial charge in [-0.1, -0.05) is 6.92 Å². The maximum atomic E-state index is 5.70. The van der Waals surface area contributed by atoms with E-state index in [4.69, 9.17) is 15.2 Å². The summed E-state index contributed by atoms with van der Waals surface area (Å²) in [6.45, 7) is 10.4. The lowest BCUT2D eigenvalue weighted by molar-refractivity contribution is -0.100. The molecule has 80 valence electrons. The van der Waals surface area contributed by atoms with Gasteiger partial charge in [0.05, 0.1) is 18.8 Å². The summed E-state index contributed by atoms with van der Waals surface area (Å²) >= 11 is 0. The van der Waals surface area contributed by atoms with Crippen molar-refractivity contribution < 1.29 is 9.47 Å². The molecular formula is C10H23NO2. The first kappa shape index (κ1) is 12.9. The van der Waals surface area contributed by atoms with Gasteiger partial charge in [-0.3, -0.25) is 0 Å². The monoisotopic (exact) mass is 189 g/mol. The summed E-state index contributed by atoms with van der Waals surface area (Å²) in [5.41, 5.74) is 5.13. The molecule has 0 bridgehead atoms. The Morgan fingerprint density at radius 1 is 1.23 bits per heavy atom. The molecule has 0 aromatic heterocycles. The van der Waals surface area contributed by atoms with Gasteiger partial charge >= 0.3 is 0 Å². The first-order valence-corrected chi connectivity index (χ1v) is 4.93. The van der Waals surface area contributed by atoms with Crippen LogP contribution in [0.3, 0.4) is 0 Å². The van der Waals surface area contributed by atoms with E-state index in [2.05, 4.69) is 13.8 Å². The molecule has 3 nitrogen and oxygen atoms in total. The van der Waals surface area contributed by atoms with Crippen molar-refractivity contribution in [2.75, 3.05) is 6.61 Å². The molecule has 0 aromatic carbocycles. The minimum absolute atomic E-state index is 0.0500. The molecule has 0 fully saturated rings. The second-order valence-electron chi connectivity index (χ2n) is 4.08. The van der Waals surface area contributed by atoms with E-state index in [9.17, 15) is 0 Å². The lowest BCUT2D eigenvalue weighted by Gasteiger charge is -2.25. The minimum Gasteiger partial charge on any atom is -0.376 e. The highest BCUT2D eigenvalue weighted by atomic mass is 16.6. The van der Waals surface area contributed by atoms with Crippen molar-refractivity contribution in [2.24, 2.45) is 5.73 Å². The standard InChI is InChI=1S/C10H23NO2/c1-6-8(2)12-7-9(3)13-10(4,5)11/h8-9H,6-7,11H2,1-5H3. The van der Waals surface area contributed by atoms with Crippen LogP contribution in [0, 0.1) is 0 Å². The van der Waals surface area contributed by atoms with Crippen LogP contribution in [0.25, 0.3) is 0 Å². The molecule has 2 atom stereocenters. The van der Waals surface area contributed by atoms with Crippen LogP contribution in [0.2, 0.25) is 0 Å². The molecule has 0 spiro atoms. The van der Waals surface area contributed by atoms with Crippen molar-refractivity contribution in [3.8, 4) is 0 Å². The smallest absolute Gasteiger partial charge is 0.111 e. The van der Waals surface area contributed by atoms with Gasteiger partial charge in [0.2, 0.25) is 0 Å². The molecule has 2 N–H and O–H groups in total. The first-order valence-electron chi connectivity index (χ1n) is 4.93. The van der Waals surface area contributed by atoms with Crippen LogP contribution in [0.1, 0.15) is 41.0 Å². The van der Waals surface area contributed by atoms with Crippen molar-refractivity contribution in [2.45, 2.75) is 59.0 Å². The van der Waals surface area contributed by atoms with Gasteiger partial charge in [0.15, 0.2) is 0 Å². The molecule has 3 heteroatoms. The van der Waals surface area contributed by atoms with Gasteiger partial charge in [0, 0.05) is 0 Å². The Bertz CT molecular complexity index is 131. The molecule has 0 saturated carbocycles. The highest BCUT2D eigenvalue weighted by Crippen LogP contribution is 2.06. The number of nitrogens with two attached hydrogens (primary N) is 1. The van der Waals surface area contributed by atoms with E-state index >= 15 is 0 Å². The molecule has 0 aliphatic carbocycles. The fourth-order valence-electron chi connectivity index (χ4n) is 0.970. The number of rotatable bonds is 6. The molecule has 0 heterocycles. The Labute approximate surface area is 81.6 Å². The van der Waals surface area contributed by atoms with Gasteiger partial charge in [-0.25, -0.2) is 0 Å². The van der Waals surface area contributed by atoms with Gasteiger partial charge < -0.3 is 15.2 Å². The van der Waals surface area contributed by atoms with Crippen LogP contribution in [-0.2, 0) is 9.47 Å². The summed E-state index contributed by atoms with van der Waals surface area (Å²) in [6.07, 6.45) is 1.37. The maximum Gasteiger partial charge on any atom is 0.111 e. The van der Waals surface area contributed by atoms with Crippen LogP contribution in [0.15, 0.2) is 0 Å². The molecule has 0 saturated heterocycles. The largest absolute Gasteiger partial charge is 0.376 e. The molecule has 2 unspecified atom stereocenters. The van der Waals surface area contributed by atoms with Crippen molar-refractivity contribution in [3.63, 3.8) is 0 Å².